The summed E-state index contributed by atoms with van der Waals surface area (Å²) in [7, 11) is -3.54. The molecule has 25 heavy (non-hydrogen) atoms. The fourth-order valence-corrected chi connectivity index (χ4v) is 5.00. The zero-order chi connectivity index (χ0) is 17.7. The third kappa shape index (κ3) is 4.61. The Bertz CT molecular complexity index is 752. The highest BCUT2D eigenvalue weighted by molar-refractivity contribution is 7.89. The number of hydrogen-bond acceptors (Lipinski definition) is 5. The lowest BCUT2D eigenvalue weighted by molar-refractivity contribution is 0.250. The Hall–Kier alpha value is -1.41. The predicted molar refractivity (Wildman–Crippen MR) is 101 cm³/mol. The van der Waals surface area contributed by atoms with Crippen LogP contribution in [-0.4, -0.2) is 39.6 Å². The summed E-state index contributed by atoms with van der Waals surface area (Å²) in [6, 6.07) is 10.8. The molecule has 3 rings (SSSR count). The summed E-state index contributed by atoms with van der Waals surface area (Å²) in [4.78, 5) is 3.84. The van der Waals surface area contributed by atoms with E-state index in [1.165, 1.54) is 17.7 Å². The van der Waals surface area contributed by atoms with Gasteiger partial charge in [0, 0.05) is 11.4 Å². The maximum atomic E-state index is 12.6. The first-order valence-electron chi connectivity index (χ1n) is 8.60. The van der Waals surface area contributed by atoms with Crippen molar-refractivity contribution in [3.63, 3.8) is 0 Å². The van der Waals surface area contributed by atoms with Crippen LogP contribution in [0.15, 0.2) is 46.7 Å². The first kappa shape index (κ1) is 18.4. The van der Waals surface area contributed by atoms with Gasteiger partial charge in [0.2, 0.25) is 10.0 Å². The maximum Gasteiger partial charge on any atom is 0.240 e. The summed E-state index contributed by atoms with van der Waals surface area (Å²) < 4.78 is 33.4. The summed E-state index contributed by atoms with van der Waals surface area (Å²) >= 11 is 1.68. The maximum absolute atomic E-state index is 12.6. The van der Waals surface area contributed by atoms with Crippen molar-refractivity contribution >= 4 is 21.4 Å². The van der Waals surface area contributed by atoms with Crippen LogP contribution < -0.4 is 9.46 Å². The Morgan fingerprint density at radius 2 is 1.92 bits per heavy atom. The minimum Gasteiger partial charge on any atom is -0.494 e. The van der Waals surface area contributed by atoms with Crippen LogP contribution in [0.5, 0.6) is 5.75 Å². The van der Waals surface area contributed by atoms with Crippen LogP contribution in [0.4, 0.5) is 0 Å². The van der Waals surface area contributed by atoms with Crippen LogP contribution >= 0.6 is 11.3 Å². The van der Waals surface area contributed by atoms with E-state index in [0.29, 0.717) is 18.9 Å². The summed E-state index contributed by atoms with van der Waals surface area (Å²) in [5, 5.41) is 2.04. The summed E-state index contributed by atoms with van der Waals surface area (Å²) in [5.74, 6) is 0.676. The Balaban J connectivity index is 1.70. The normalized spacial score (nSPS) is 16.8. The van der Waals surface area contributed by atoms with E-state index in [2.05, 4.69) is 15.7 Å². The van der Waals surface area contributed by atoms with Gasteiger partial charge in [-0.3, -0.25) is 4.90 Å². The molecular formula is C18H24N2O3S2. The molecule has 7 heteroatoms. The standard InChI is InChI=1S/C18H24N2O3S2/c1-2-23-15-7-9-16(10-8-15)25(21,22)19-14-17(18-6-5-13-24-18)20-11-3-4-12-20/h5-10,13,17,19H,2-4,11-12,14H2,1H3. The molecule has 1 aromatic carbocycles. The first-order valence-corrected chi connectivity index (χ1v) is 11.0. The second-order valence-corrected chi connectivity index (χ2v) is 8.78. The smallest absolute Gasteiger partial charge is 0.240 e. The van der Waals surface area contributed by atoms with E-state index < -0.39 is 10.0 Å². The van der Waals surface area contributed by atoms with Gasteiger partial charge in [-0.2, -0.15) is 0 Å². The Morgan fingerprint density at radius 3 is 2.52 bits per heavy atom. The van der Waals surface area contributed by atoms with Crippen molar-refractivity contribution < 1.29 is 13.2 Å². The van der Waals surface area contributed by atoms with Gasteiger partial charge in [-0.15, -0.1) is 11.3 Å². The molecule has 1 unspecified atom stereocenters. The number of sulfonamides is 1. The third-order valence-electron chi connectivity index (χ3n) is 4.36. The van der Waals surface area contributed by atoms with Gasteiger partial charge in [-0.05, 0) is 68.6 Å². The number of hydrogen-bond donors (Lipinski definition) is 1. The van der Waals surface area contributed by atoms with Crippen molar-refractivity contribution in [2.45, 2.75) is 30.7 Å². The van der Waals surface area contributed by atoms with E-state index in [1.807, 2.05) is 18.4 Å². The molecule has 1 N–H and O–H groups in total. The van der Waals surface area contributed by atoms with Crippen molar-refractivity contribution in [1.82, 2.24) is 9.62 Å². The van der Waals surface area contributed by atoms with Crippen molar-refractivity contribution in [1.29, 1.82) is 0 Å². The van der Waals surface area contributed by atoms with Gasteiger partial charge in [-0.1, -0.05) is 6.07 Å². The minimum atomic E-state index is -3.54. The largest absolute Gasteiger partial charge is 0.494 e. The highest BCUT2D eigenvalue weighted by Gasteiger charge is 2.26. The van der Waals surface area contributed by atoms with E-state index in [9.17, 15) is 8.42 Å². The fourth-order valence-electron chi connectivity index (χ4n) is 3.10. The van der Waals surface area contributed by atoms with Gasteiger partial charge < -0.3 is 4.74 Å². The lowest BCUT2D eigenvalue weighted by Crippen LogP contribution is -2.36. The van der Waals surface area contributed by atoms with Crippen LogP contribution in [0.1, 0.15) is 30.7 Å². The van der Waals surface area contributed by atoms with E-state index in [-0.39, 0.29) is 10.9 Å². The van der Waals surface area contributed by atoms with Gasteiger partial charge >= 0.3 is 0 Å². The first-order chi connectivity index (χ1) is 12.1. The fraction of sp³-hybridized carbons (Fsp3) is 0.444. The highest BCUT2D eigenvalue weighted by Crippen LogP contribution is 2.28. The van der Waals surface area contributed by atoms with Gasteiger partial charge in [0.15, 0.2) is 0 Å². The van der Waals surface area contributed by atoms with Crippen molar-refractivity contribution in [2.24, 2.45) is 0 Å². The molecule has 1 saturated heterocycles. The monoisotopic (exact) mass is 380 g/mol. The predicted octanol–water partition coefficient (Wildman–Crippen LogP) is 3.26. The molecule has 1 atom stereocenters. The molecule has 0 radical (unpaired) electrons. The average molecular weight is 381 g/mol. The molecule has 5 nitrogen and oxygen atoms in total. The molecule has 0 amide bonds. The third-order valence-corrected chi connectivity index (χ3v) is 6.78. The molecule has 0 spiro atoms. The van der Waals surface area contributed by atoms with E-state index in [0.717, 1.165) is 13.1 Å². The van der Waals surface area contributed by atoms with Gasteiger partial charge in [0.1, 0.15) is 5.75 Å². The molecule has 0 aliphatic carbocycles. The number of nitrogens with zero attached hydrogens (tertiary/aromatic N) is 1. The summed E-state index contributed by atoms with van der Waals surface area (Å²) in [5.41, 5.74) is 0. The van der Waals surface area contributed by atoms with E-state index in [4.69, 9.17) is 4.74 Å². The highest BCUT2D eigenvalue weighted by atomic mass is 32.2. The van der Waals surface area contributed by atoms with Crippen LogP contribution in [-0.2, 0) is 10.0 Å². The number of likely N-dealkylation sites (tertiary alicyclic amines) is 1. The van der Waals surface area contributed by atoms with Gasteiger partial charge in [0.05, 0.1) is 17.5 Å². The lowest BCUT2D eigenvalue weighted by atomic mass is 10.2. The Kier molecular flexibility index (Phi) is 6.11. The van der Waals surface area contributed by atoms with Gasteiger partial charge in [-0.25, -0.2) is 13.1 Å². The average Bonchev–Trinajstić information content (AvgIpc) is 3.30. The molecule has 2 heterocycles. The molecule has 1 aliphatic rings. The van der Waals surface area contributed by atoms with Crippen LogP contribution in [0.3, 0.4) is 0 Å². The van der Waals surface area contributed by atoms with Gasteiger partial charge in [0.25, 0.3) is 0 Å². The lowest BCUT2D eigenvalue weighted by Gasteiger charge is -2.26. The second kappa shape index (κ2) is 8.31. The molecular weight excluding hydrogens is 356 g/mol. The van der Waals surface area contributed by atoms with E-state index >= 15 is 0 Å². The Labute approximate surface area is 153 Å². The molecule has 0 saturated carbocycles. The molecule has 2 aromatic rings. The van der Waals surface area contributed by atoms with Crippen molar-refractivity contribution in [2.75, 3.05) is 26.2 Å². The zero-order valence-electron chi connectivity index (χ0n) is 14.3. The topological polar surface area (TPSA) is 58.6 Å². The minimum absolute atomic E-state index is 0.0972. The number of rotatable bonds is 8. The SMILES string of the molecule is CCOc1ccc(S(=O)(=O)NCC(c2cccs2)N2CCCC2)cc1. The molecule has 1 aliphatic heterocycles. The number of ether oxygens (including phenoxy) is 1. The zero-order valence-corrected chi connectivity index (χ0v) is 16.0. The molecule has 1 aromatic heterocycles. The summed E-state index contributed by atoms with van der Waals surface area (Å²) in [6.07, 6.45) is 2.35. The quantitative estimate of drug-likeness (QED) is 0.764. The van der Waals surface area contributed by atoms with Crippen molar-refractivity contribution in [3.8, 4) is 5.75 Å². The van der Waals surface area contributed by atoms with Crippen LogP contribution in [0.25, 0.3) is 0 Å². The Morgan fingerprint density at radius 1 is 1.20 bits per heavy atom. The molecule has 136 valence electrons. The number of thiophene rings is 1. The van der Waals surface area contributed by atoms with Crippen molar-refractivity contribution in [3.05, 3.63) is 46.7 Å². The van der Waals surface area contributed by atoms with E-state index in [1.54, 1.807) is 35.6 Å². The second-order valence-electron chi connectivity index (χ2n) is 6.03. The van der Waals surface area contributed by atoms with Crippen LogP contribution in [0, 0.1) is 0 Å². The number of nitrogens with one attached hydrogen (secondary N) is 1. The molecule has 0 bridgehead atoms. The summed E-state index contributed by atoms with van der Waals surface area (Å²) in [6.45, 7) is 4.88. The molecule has 1 fully saturated rings. The van der Waals surface area contributed by atoms with Crippen LogP contribution in [0.2, 0.25) is 0 Å². The number of benzene rings is 1.